The third-order valence-electron chi connectivity index (χ3n) is 4.00. The number of amides is 1. The zero-order valence-electron chi connectivity index (χ0n) is 13.2. The smallest absolute Gasteiger partial charge is 0.238 e. The fraction of sp³-hybridized carbons (Fsp3) is 0.500. The van der Waals surface area contributed by atoms with Crippen molar-refractivity contribution in [3.05, 3.63) is 29.6 Å². The number of hydrogen-bond donors (Lipinski definition) is 2. The molecule has 1 atom stereocenters. The highest BCUT2D eigenvalue weighted by Crippen LogP contribution is 2.21. The Morgan fingerprint density at radius 1 is 1.55 bits per heavy atom. The van der Waals surface area contributed by atoms with Crippen molar-refractivity contribution in [1.82, 2.24) is 20.2 Å². The van der Waals surface area contributed by atoms with Crippen LogP contribution in [0.25, 0.3) is 11.0 Å². The van der Waals surface area contributed by atoms with E-state index in [1.54, 1.807) is 11.8 Å². The van der Waals surface area contributed by atoms with Gasteiger partial charge in [0.1, 0.15) is 5.82 Å². The maximum Gasteiger partial charge on any atom is 0.238 e. The van der Waals surface area contributed by atoms with Gasteiger partial charge in [-0.05, 0) is 17.7 Å². The lowest BCUT2D eigenvalue weighted by Gasteiger charge is -2.10. The van der Waals surface area contributed by atoms with Crippen LogP contribution >= 0.6 is 11.8 Å². The summed E-state index contributed by atoms with van der Waals surface area (Å²) in [5.41, 5.74) is 3.21. The number of thioether (sulfide) groups is 1. The number of rotatable bonds is 4. The van der Waals surface area contributed by atoms with Crippen molar-refractivity contribution >= 4 is 28.7 Å². The van der Waals surface area contributed by atoms with Crippen molar-refractivity contribution < 1.29 is 4.79 Å². The van der Waals surface area contributed by atoms with Crippen molar-refractivity contribution in [2.24, 2.45) is 7.05 Å². The summed E-state index contributed by atoms with van der Waals surface area (Å²) in [5, 5.41) is 6.18. The summed E-state index contributed by atoms with van der Waals surface area (Å²) in [6, 6.07) is 6.15. The van der Waals surface area contributed by atoms with Crippen LogP contribution in [-0.4, -0.2) is 33.1 Å². The molecule has 0 aliphatic carbocycles. The van der Waals surface area contributed by atoms with Crippen molar-refractivity contribution in [3.63, 3.8) is 0 Å². The van der Waals surface area contributed by atoms with E-state index in [0.717, 1.165) is 34.1 Å². The minimum absolute atomic E-state index is 0.0591. The number of nitrogens with one attached hydrogen (secondary N) is 2. The van der Waals surface area contributed by atoms with Crippen LogP contribution in [-0.2, 0) is 18.4 Å². The predicted molar refractivity (Wildman–Crippen MR) is 90.9 cm³/mol. The van der Waals surface area contributed by atoms with E-state index in [4.69, 9.17) is 4.98 Å². The standard InChI is InChI=1S/C16H22N4OS/c1-10(2)15-19-12-6-11(4-5-14(12)20(15)3)7-17-16(21)13-8-22-9-18-13/h4-6,10,13,18H,7-9H2,1-3H3,(H,17,21). The molecule has 0 spiro atoms. The van der Waals surface area contributed by atoms with E-state index in [9.17, 15) is 4.79 Å². The van der Waals surface area contributed by atoms with Gasteiger partial charge in [-0.1, -0.05) is 19.9 Å². The molecule has 118 valence electrons. The molecule has 2 heterocycles. The van der Waals surface area contributed by atoms with Crippen LogP contribution in [0.3, 0.4) is 0 Å². The lowest BCUT2D eigenvalue weighted by atomic mass is 10.2. The second kappa shape index (κ2) is 6.30. The predicted octanol–water partition coefficient (Wildman–Crippen LogP) is 1.98. The Morgan fingerprint density at radius 3 is 3.05 bits per heavy atom. The van der Waals surface area contributed by atoms with Crippen LogP contribution in [0.15, 0.2) is 18.2 Å². The van der Waals surface area contributed by atoms with Crippen LogP contribution in [0.4, 0.5) is 0 Å². The Balaban J connectivity index is 1.73. The van der Waals surface area contributed by atoms with Gasteiger partial charge in [-0.15, -0.1) is 11.8 Å². The highest BCUT2D eigenvalue weighted by atomic mass is 32.2. The Morgan fingerprint density at radius 2 is 2.36 bits per heavy atom. The molecule has 3 rings (SSSR count). The van der Waals surface area contributed by atoms with E-state index >= 15 is 0 Å². The van der Waals surface area contributed by atoms with E-state index in [1.165, 1.54) is 0 Å². The van der Waals surface area contributed by atoms with Crippen molar-refractivity contribution in [2.45, 2.75) is 32.4 Å². The third-order valence-corrected chi connectivity index (χ3v) is 4.94. The number of aromatic nitrogens is 2. The molecule has 6 heteroatoms. The van der Waals surface area contributed by atoms with Gasteiger partial charge < -0.3 is 9.88 Å². The zero-order valence-corrected chi connectivity index (χ0v) is 14.0. The molecule has 22 heavy (non-hydrogen) atoms. The van der Waals surface area contributed by atoms with E-state index in [-0.39, 0.29) is 11.9 Å². The number of carbonyl (C=O) groups is 1. The largest absolute Gasteiger partial charge is 0.351 e. The van der Waals surface area contributed by atoms with Crippen LogP contribution in [0, 0.1) is 0 Å². The summed E-state index contributed by atoms with van der Waals surface area (Å²) in [7, 11) is 2.05. The molecule has 0 radical (unpaired) electrons. The number of aryl methyl sites for hydroxylation is 1. The van der Waals surface area contributed by atoms with Crippen molar-refractivity contribution in [1.29, 1.82) is 0 Å². The monoisotopic (exact) mass is 318 g/mol. The molecule has 1 aliphatic rings. The van der Waals surface area contributed by atoms with Gasteiger partial charge in [0.2, 0.25) is 5.91 Å². The second-order valence-corrected chi connectivity index (χ2v) is 7.03. The van der Waals surface area contributed by atoms with Crippen molar-refractivity contribution in [3.8, 4) is 0 Å². The molecule has 0 bridgehead atoms. The number of imidazole rings is 1. The summed E-state index contributed by atoms with van der Waals surface area (Å²) in [6.45, 7) is 4.84. The van der Waals surface area contributed by atoms with Gasteiger partial charge in [-0.2, -0.15) is 0 Å². The average Bonchev–Trinajstić information content (AvgIpc) is 3.13. The number of hydrogen-bond acceptors (Lipinski definition) is 4. The van der Waals surface area contributed by atoms with Crippen LogP contribution in [0.2, 0.25) is 0 Å². The van der Waals surface area contributed by atoms with Gasteiger partial charge in [-0.25, -0.2) is 4.98 Å². The van der Waals surface area contributed by atoms with Gasteiger partial charge >= 0.3 is 0 Å². The molecule has 0 saturated carbocycles. The van der Waals surface area contributed by atoms with Crippen LogP contribution < -0.4 is 10.6 Å². The quantitative estimate of drug-likeness (QED) is 0.905. The molecule has 1 aliphatic heterocycles. The lowest BCUT2D eigenvalue weighted by molar-refractivity contribution is -0.122. The van der Waals surface area contributed by atoms with E-state index in [0.29, 0.717) is 12.5 Å². The first-order chi connectivity index (χ1) is 10.6. The van der Waals surface area contributed by atoms with E-state index in [2.05, 4.69) is 54.3 Å². The minimum atomic E-state index is -0.0591. The molecule has 1 aromatic carbocycles. The normalized spacial score (nSPS) is 18.3. The maximum absolute atomic E-state index is 12.0. The fourth-order valence-electron chi connectivity index (χ4n) is 2.77. The van der Waals surface area contributed by atoms with E-state index < -0.39 is 0 Å². The summed E-state index contributed by atoms with van der Waals surface area (Å²) < 4.78 is 2.14. The minimum Gasteiger partial charge on any atom is -0.351 e. The molecule has 1 fully saturated rings. The Bertz CT molecular complexity index is 689. The van der Waals surface area contributed by atoms with Gasteiger partial charge in [0, 0.05) is 31.1 Å². The SMILES string of the molecule is CC(C)c1nc2cc(CNC(=O)C3CSCN3)ccc2n1C. The van der Waals surface area contributed by atoms with Gasteiger partial charge in [0.15, 0.2) is 0 Å². The zero-order chi connectivity index (χ0) is 15.7. The number of nitrogens with zero attached hydrogens (tertiary/aromatic N) is 2. The molecule has 1 aromatic heterocycles. The van der Waals surface area contributed by atoms with Crippen LogP contribution in [0.1, 0.15) is 31.2 Å². The molecule has 1 amide bonds. The van der Waals surface area contributed by atoms with Gasteiger partial charge in [-0.3, -0.25) is 10.1 Å². The Hall–Kier alpha value is -1.53. The highest BCUT2D eigenvalue weighted by molar-refractivity contribution is 7.99. The number of carbonyl (C=O) groups excluding carboxylic acids is 1. The summed E-state index contributed by atoms with van der Waals surface area (Å²) in [6.07, 6.45) is 0. The first-order valence-electron chi connectivity index (χ1n) is 7.60. The first-order valence-corrected chi connectivity index (χ1v) is 8.76. The highest BCUT2D eigenvalue weighted by Gasteiger charge is 2.22. The third kappa shape index (κ3) is 2.98. The maximum atomic E-state index is 12.0. The fourth-order valence-corrected chi connectivity index (χ4v) is 3.71. The first kappa shape index (κ1) is 15.4. The average molecular weight is 318 g/mol. The molecule has 2 aromatic rings. The molecule has 1 unspecified atom stereocenters. The summed E-state index contributed by atoms with van der Waals surface area (Å²) in [5.74, 6) is 3.27. The Kier molecular flexibility index (Phi) is 4.40. The number of benzene rings is 1. The summed E-state index contributed by atoms with van der Waals surface area (Å²) >= 11 is 1.76. The van der Waals surface area contributed by atoms with Gasteiger partial charge in [0.05, 0.1) is 17.1 Å². The van der Waals surface area contributed by atoms with Crippen molar-refractivity contribution in [2.75, 3.05) is 11.6 Å². The number of fused-ring (bicyclic) bond motifs is 1. The van der Waals surface area contributed by atoms with E-state index in [1.807, 2.05) is 0 Å². The molecule has 1 saturated heterocycles. The topological polar surface area (TPSA) is 59.0 Å². The summed E-state index contributed by atoms with van der Waals surface area (Å²) in [4.78, 5) is 16.7. The van der Waals surface area contributed by atoms with Crippen LogP contribution in [0.5, 0.6) is 0 Å². The molecule has 5 nitrogen and oxygen atoms in total. The Labute approximate surface area is 134 Å². The van der Waals surface area contributed by atoms with Gasteiger partial charge in [0.25, 0.3) is 0 Å². The molecular weight excluding hydrogens is 296 g/mol. The lowest BCUT2D eigenvalue weighted by Crippen LogP contribution is -2.41. The molecular formula is C16H22N4OS. The molecule has 2 N–H and O–H groups in total. The second-order valence-electron chi connectivity index (χ2n) is 6.00.